The predicted octanol–water partition coefficient (Wildman–Crippen LogP) is 16.5. The van der Waals surface area contributed by atoms with Gasteiger partial charge in [-0.15, -0.1) is 0 Å². The van der Waals surface area contributed by atoms with Crippen LogP contribution in [0.25, 0.3) is 0 Å². The number of nitrogens with one attached hydrogen (secondary N) is 1. The topological polar surface area (TPSA) is 105 Å². The van der Waals surface area contributed by atoms with Crippen molar-refractivity contribution in [2.45, 2.75) is 257 Å². The highest BCUT2D eigenvalue weighted by atomic mass is 31.2. The number of quaternary nitrogens is 1. The Labute approximate surface area is 409 Å². The summed E-state index contributed by atoms with van der Waals surface area (Å²) >= 11 is 0. The van der Waals surface area contributed by atoms with Crippen molar-refractivity contribution in [2.75, 3.05) is 40.9 Å². The first-order chi connectivity index (χ1) is 32.0. The van der Waals surface area contributed by atoms with E-state index in [0.29, 0.717) is 17.4 Å². The smallest absolute Gasteiger partial charge is 0.387 e. The Bertz CT molecular complexity index is 1260. The molecular formula is C57H108N2O6P+. The van der Waals surface area contributed by atoms with Crippen molar-refractivity contribution in [3.8, 4) is 0 Å². The number of amides is 1. The average Bonchev–Trinajstić information content (AvgIpc) is 3.28. The molecule has 386 valence electrons. The van der Waals surface area contributed by atoms with Crippen molar-refractivity contribution in [3.05, 3.63) is 60.8 Å². The molecule has 0 saturated carbocycles. The molecule has 3 atom stereocenters. The number of hydrogen-bond donors (Lipinski definition) is 3. The fraction of sp³-hybridized carbons (Fsp3) is 0.807. The zero-order valence-electron chi connectivity index (χ0n) is 43.9. The van der Waals surface area contributed by atoms with Crippen LogP contribution in [-0.4, -0.2) is 73.4 Å². The lowest BCUT2D eigenvalue weighted by molar-refractivity contribution is -0.870. The first-order valence-electron chi connectivity index (χ1n) is 27.7. The summed E-state index contributed by atoms with van der Waals surface area (Å²) in [5, 5.41) is 13.9. The molecule has 66 heavy (non-hydrogen) atoms. The second kappa shape index (κ2) is 48.2. The van der Waals surface area contributed by atoms with Crippen molar-refractivity contribution in [3.63, 3.8) is 0 Å². The minimum atomic E-state index is -4.36. The number of allylic oxidation sites excluding steroid dienone is 9. The summed E-state index contributed by atoms with van der Waals surface area (Å²) in [6.07, 6.45) is 64.7. The SMILES string of the molecule is CCCCCCC/C=C\C/C=C\CCCCCCCCCCCCCCCCCCCC(=O)NC(COP(=O)(O)OCC[N+](C)(C)C)C(O)/C=C/CC/C=C/CC/C=C/CCCCCCC. The van der Waals surface area contributed by atoms with Crippen molar-refractivity contribution < 1.29 is 32.9 Å². The third-order valence-electron chi connectivity index (χ3n) is 12.2. The van der Waals surface area contributed by atoms with Gasteiger partial charge in [0.15, 0.2) is 0 Å². The maximum Gasteiger partial charge on any atom is 0.472 e. The Morgan fingerprint density at radius 1 is 0.515 bits per heavy atom. The molecule has 1 amide bonds. The number of aliphatic hydroxyl groups excluding tert-OH is 1. The number of phosphoric ester groups is 1. The predicted molar refractivity (Wildman–Crippen MR) is 286 cm³/mol. The molecule has 0 heterocycles. The van der Waals surface area contributed by atoms with Gasteiger partial charge < -0.3 is 19.8 Å². The monoisotopic (exact) mass is 948 g/mol. The third-order valence-corrected chi connectivity index (χ3v) is 13.2. The second-order valence-corrected chi connectivity index (χ2v) is 21.4. The molecule has 0 bridgehead atoms. The zero-order valence-corrected chi connectivity index (χ0v) is 44.8. The molecule has 0 aromatic rings. The minimum Gasteiger partial charge on any atom is -0.387 e. The number of likely N-dealkylation sites (N-methyl/N-ethyl adjacent to an activating group) is 1. The number of aliphatic hydroxyl groups is 1. The Hall–Kier alpha value is -1.80. The molecular weight excluding hydrogens is 840 g/mol. The standard InChI is InChI=1S/C57H107N2O6P/c1-6-8-10-12-14-16-18-20-22-23-24-25-26-27-28-29-30-31-32-33-34-35-37-39-41-43-45-47-49-51-57(61)58-55(54-65-66(62,63)64-53-52-59(3,4)5)56(60)50-48-46-44-42-40-38-36-21-19-17-15-13-11-9-7-2/h18-21,23-24,40,42,48,50,55-56,60H,6-17,22,25-39,41,43-47,49,51-54H2,1-5H3,(H-,58,61,62,63)/p+1/b20-18-,21-19+,24-23-,42-40+,50-48+. The summed E-state index contributed by atoms with van der Waals surface area (Å²) in [5.74, 6) is -0.191. The lowest BCUT2D eigenvalue weighted by atomic mass is 10.0. The molecule has 0 aliphatic heterocycles. The fourth-order valence-corrected chi connectivity index (χ4v) is 8.55. The summed E-state index contributed by atoms with van der Waals surface area (Å²) in [7, 11) is 1.55. The molecule has 9 heteroatoms. The van der Waals surface area contributed by atoms with Gasteiger partial charge in [-0.25, -0.2) is 4.57 Å². The van der Waals surface area contributed by atoms with Crippen LogP contribution in [-0.2, 0) is 18.4 Å². The van der Waals surface area contributed by atoms with Gasteiger partial charge in [-0.1, -0.05) is 222 Å². The Morgan fingerprint density at radius 3 is 1.30 bits per heavy atom. The molecule has 0 fully saturated rings. The maximum absolute atomic E-state index is 12.9. The molecule has 0 rings (SSSR count). The van der Waals surface area contributed by atoms with Crippen LogP contribution >= 0.6 is 7.82 Å². The summed E-state index contributed by atoms with van der Waals surface area (Å²) in [6, 6.07) is -0.870. The van der Waals surface area contributed by atoms with E-state index in [1.807, 2.05) is 27.2 Å². The van der Waals surface area contributed by atoms with E-state index in [-0.39, 0.29) is 19.1 Å². The first-order valence-corrected chi connectivity index (χ1v) is 29.2. The van der Waals surface area contributed by atoms with E-state index < -0.39 is 20.0 Å². The minimum absolute atomic E-state index is 0.0527. The van der Waals surface area contributed by atoms with Crippen LogP contribution in [0.2, 0.25) is 0 Å². The van der Waals surface area contributed by atoms with E-state index >= 15 is 0 Å². The third kappa shape index (κ3) is 50.1. The van der Waals surface area contributed by atoms with Gasteiger partial charge in [0.25, 0.3) is 0 Å². The van der Waals surface area contributed by atoms with Gasteiger partial charge >= 0.3 is 7.82 Å². The fourth-order valence-electron chi connectivity index (χ4n) is 7.81. The van der Waals surface area contributed by atoms with Crippen LogP contribution in [0.4, 0.5) is 0 Å². The summed E-state index contributed by atoms with van der Waals surface area (Å²) in [5.41, 5.74) is 0. The summed E-state index contributed by atoms with van der Waals surface area (Å²) in [6.45, 7) is 4.77. The van der Waals surface area contributed by atoms with Crippen molar-refractivity contribution >= 4 is 13.7 Å². The highest BCUT2D eigenvalue weighted by Gasteiger charge is 2.27. The largest absolute Gasteiger partial charge is 0.472 e. The number of rotatable bonds is 50. The summed E-state index contributed by atoms with van der Waals surface area (Å²) < 4.78 is 23.6. The molecule has 0 aliphatic carbocycles. The zero-order chi connectivity index (χ0) is 48.5. The quantitative estimate of drug-likeness (QED) is 0.0243. The van der Waals surface area contributed by atoms with Gasteiger partial charge in [-0.2, -0.15) is 0 Å². The molecule has 8 nitrogen and oxygen atoms in total. The second-order valence-electron chi connectivity index (χ2n) is 19.9. The molecule has 0 saturated heterocycles. The van der Waals surface area contributed by atoms with E-state index in [2.05, 4.69) is 67.8 Å². The lowest BCUT2D eigenvalue weighted by Crippen LogP contribution is -2.45. The number of carbonyl (C=O) groups is 1. The van der Waals surface area contributed by atoms with E-state index in [1.165, 1.54) is 173 Å². The van der Waals surface area contributed by atoms with Gasteiger partial charge in [-0.05, 0) is 77.0 Å². The van der Waals surface area contributed by atoms with E-state index in [4.69, 9.17) is 9.05 Å². The Morgan fingerprint density at radius 2 is 0.879 bits per heavy atom. The molecule has 3 N–H and O–H groups in total. The van der Waals surface area contributed by atoms with Crippen LogP contribution < -0.4 is 5.32 Å². The highest BCUT2D eigenvalue weighted by molar-refractivity contribution is 7.47. The van der Waals surface area contributed by atoms with Gasteiger partial charge in [0.2, 0.25) is 5.91 Å². The van der Waals surface area contributed by atoms with Crippen LogP contribution in [0.1, 0.15) is 245 Å². The van der Waals surface area contributed by atoms with Crippen molar-refractivity contribution in [1.82, 2.24) is 5.32 Å². The summed E-state index contributed by atoms with van der Waals surface area (Å²) in [4.78, 5) is 23.2. The molecule has 0 radical (unpaired) electrons. The Kier molecular flexibility index (Phi) is 46.9. The van der Waals surface area contributed by atoms with Gasteiger partial charge in [0.05, 0.1) is 39.9 Å². The van der Waals surface area contributed by atoms with E-state index in [0.717, 1.165) is 51.4 Å². The molecule has 0 aromatic heterocycles. The Balaban J connectivity index is 4.17. The lowest BCUT2D eigenvalue weighted by Gasteiger charge is -2.25. The van der Waals surface area contributed by atoms with Crippen molar-refractivity contribution in [1.29, 1.82) is 0 Å². The molecule has 0 spiro atoms. The number of nitrogens with zero attached hydrogens (tertiary/aromatic N) is 1. The number of unbranched alkanes of at least 4 members (excludes halogenated alkanes) is 29. The normalized spacial score (nSPS) is 14.5. The molecule has 0 aliphatic rings. The van der Waals surface area contributed by atoms with E-state index in [1.54, 1.807) is 6.08 Å². The van der Waals surface area contributed by atoms with Crippen LogP contribution in [0, 0.1) is 0 Å². The van der Waals surface area contributed by atoms with Gasteiger partial charge in [0.1, 0.15) is 13.2 Å². The van der Waals surface area contributed by atoms with Crippen LogP contribution in [0.15, 0.2) is 60.8 Å². The highest BCUT2D eigenvalue weighted by Crippen LogP contribution is 2.43. The maximum atomic E-state index is 12.9. The van der Waals surface area contributed by atoms with Crippen molar-refractivity contribution in [2.24, 2.45) is 0 Å². The number of carbonyl (C=O) groups excluding carboxylic acids is 1. The van der Waals surface area contributed by atoms with Gasteiger partial charge in [-0.3, -0.25) is 13.8 Å². The van der Waals surface area contributed by atoms with Crippen LogP contribution in [0.5, 0.6) is 0 Å². The van der Waals surface area contributed by atoms with E-state index in [9.17, 15) is 19.4 Å². The van der Waals surface area contributed by atoms with Gasteiger partial charge in [0, 0.05) is 6.42 Å². The van der Waals surface area contributed by atoms with Crippen LogP contribution in [0.3, 0.4) is 0 Å². The first kappa shape index (κ1) is 64.2. The number of hydrogen-bond acceptors (Lipinski definition) is 5. The average molecular weight is 948 g/mol. The molecule has 0 aromatic carbocycles. The number of phosphoric acid groups is 1. The molecule has 3 unspecified atom stereocenters.